The van der Waals surface area contributed by atoms with Gasteiger partial charge in [0.2, 0.25) is 5.95 Å². The van der Waals surface area contributed by atoms with Gasteiger partial charge in [0.15, 0.2) is 0 Å². The highest BCUT2D eigenvalue weighted by Crippen LogP contribution is 2.27. The predicted molar refractivity (Wildman–Crippen MR) is 92.6 cm³/mol. The fourth-order valence-corrected chi connectivity index (χ4v) is 2.89. The molecule has 0 aliphatic heterocycles. The molecule has 4 nitrogen and oxygen atoms in total. The molecule has 1 heterocycles. The summed E-state index contributed by atoms with van der Waals surface area (Å²) in [5.74, 6) is 0.465. The molecule has 0 atom stereocenters. The lowest BCUT2D eigenvalue weighted by atomic mass is 9.96. The third kappa shape index (κ3) is 2.91. The van der Waals surface area contributed by atoms with Crippen LogP contribution < -0.4 is 5.32 Å². The first kappa shape index (κ1) is 15.5. The van der Waals surface area contributed by atoms with E-state index in [1.807, 2.05) is 42.8 Å². The summed E-state index contributed by atoms with van der Waals surface area (Å²) in [7, 11) is 3.71. The first-order valence-electron chi connectivity index (χ1n) is 7.90. The zero-order chi connectivity index (χ0) is 16.4. The summed E-state index contributed by atoms with van der Waals surface area (Å²) in [6, 6.07) is 7.95. The molecular formula is C18H21FN4. The lowest BCUT2D eigenvalue weighted by molar-refractivity contribution is 0.613. The first-order chi connectivity index (χ1) is 11.1. The number of hydrogen-bond donors (Lipinski definition) is 1. The summed E-state index contributed by atoms with van der Waals surface area (Å²) < 4.78 is 16.0. The van der Waals surface area contributed by atoms with Crippen molar-refractivity contribution >= 4 is 22.7 Å². The van der Waals surface area contributed by atoms with Crippen LogP contribution in [0.3, 0.4) is 0 Å². The second-order valence-electron chi connectivity index (χ2n) is 5.62. The van der Waals surface area contributed by atoms with E-state index in [2.05, 4.69) is 10.3 Å². The Kier molecular flexibility index (Phi) is 4.28. The van der Waals surface area contributed by atoms with Crippen molar-refractivity contribution in [2.75, 3.05) is 7.05 Å². The van der Waals surface area contributed by atoms with Crippen molar-refractivity contribution in [1.29, 1.82) is 0 Å². The maximum Gasteiger partial charge on any atom is 0.230 e. The molecule has 0 amide bonds. The number of fused-ring (bicyclic) bond motifs is 1. The van der Waals surface area contributed by atoms with Gasteiger partial charge in [-0.2, -0.15) is 0 Å². The number of aliphatic imine (C=N–C) groups is 1. The first-order valence-corrected chi connectivity index (χ1v) is 7.90. The van der Waals surface area contributed by atoms with Crippen LogP contribution in [0.25, 0.3) is 11.0 Å². The third-order valence-corrected chi connectivity index (χ3v) is 4.24. The molecule has 0 bridgehead atoms. The van der Waals surface area contributed by atoms with Gasteiger partial charge in [0, 0.05) is 25.5 Å². The van der Waals surface area contributed by atoms with Gasteiger partial charge in [0.25, 0.3) is 0 Å². The summed E-state index contributed by atoms with van der Waals surface area (Å²) in [6.45, 7) is 2.04. The van der Waals surface area contributed by atoms with Gasteiger partial charge in [-0.05, 0) is 43.0 Å². The minimum absolute atomic E-state index is 0.195. The fraction of sp³-hybridized carbons (Fsp3) is 0.333. The van der Waals surface area contributed by atoms with E-state index in [1.165, 1.54) is 0 Å². The van der Waals surface area contributed by atoms with Gasteiger partial charge in [-0.25, -0.2) is 14.4 Å². The average Bonchev–Trinajstić information content (AvgIpc) is 2.89. The average molecular weight is 312 g/mol. The van der Waals surface area contributed by atoms with Crippen LogP contribution in [0.15, 0.2) is 52.4 Å². The Bertz CT molecular complexity index is 827. The van der Waals surface area contributed by atoms with Gasteiger partial charge >= 0.3 is 0 Å². The van der Waals surface area contributed by atoms with E-state index in [4.69, 9.17) is 4.99 Å². The summed E-state index contributed by atoms with van der Waals surface area (Å²) in [5, 5.41) is 2.91. The van der Waals surface area contributed by atoms with E-state index in [0.29, 0.717) is 18.1 Å². The zero-order valence-electron chi connectivity index (χ0n) is 13.7. The van der Waals surface area contributed by atoms with Crippen molar-refractivity contribution < 1.29 is 4.39 Å². The number of rotatable bonds is 4. The molecule has 2 aromatic rings. The number of benzene rings is 1. The monoisotopic (exact) mass is 312 g/mol. The molecule has 0 spiro atoms. The number of aromatic nitrogens is 2. The Morgan fingerprint density at radius 1 is 1.35 bits per heavy atom. The molecule has 3 rings (SSSR count). The number of para-hydroxylation sites is 2. The van der Waals surface area contributed by atoms with Crippen molar-refractivity contribution in [3.8, 4) is 0 Å². The quantitative estimate of drug-likeness (QED) is 0.861. The van der Waals surface area contributed by atoms with Gasteiger partial charge in [-0.15, -0.1) is 0 Å². The van der Waals surface area contributed by atoms with Gasteiger partial charge in [-0.3, -0.25) is 0 Å². The Balaban J connectivity index is 2.02. The van der Waals surface area contributed by atoms with Gasteiger partial charge in [0.1, 0.15) is 5.83 Å². The van der Waals surface area contributed by atoms with E-state index in [0.717, 1.165) is 35.2 Å². The molecule has 1 aromatic heterocycles. The number of hydrogen-bond acceptors (Lipinski definition) is 3. The van der Waals surface area contributed by atoms with E-state index in [9.17, 15) is 4.39 Å². The van der Waals surface area contributed by atoms with E-state index < -0.39 is 0 Å². The van der Waals surface area contributed by atoms with Crippen LogP contribution in [0.5, 0.6) is 0 Å². The molecule has 1 aliphatic rings. The molecule has 0 saturated heterocycles. The maximum atomic E-state index is 14.0. The Hall–Kier alpha value is -2.43. The van der Waals surface area contributed by atoms with E-state index in [1.54, 1.807) is 13.1 Å². The summed E-state index contributed by atoms with van der Waals surface area (Å²) in [6.07, 6.45) is 3.81. The summed E-state index contributed by atoms with van der Waals surface area (Å²) in [5.41, 5.74) is 4.48. The maximum absolute atomic E-state index is 14.0. The smallest absolute Gasteiger partial charge is 0.230 e. The SMILES string of the molecule is CC/C(=N\c1nc2ccccc2n1C)C1=CC(F)=C(NC)CC1. The highest BCUT2D eigenvalue weighted by atomic mass is 19.1. The lowest BCUT2D eigenvalue weighted by Crippen LogP contribution is -2.14. The van der Waals surface area contributed by atoms with Crippen molar-refractivity contribution in [2.24, 2.45) is 12.0 Å². The Morgan fingerprint density at radius 2 is 2.13 bits per heavy atom. The largest absolute Gasteiger partial charge is 0.389 e. The molecule has 0 radical (unpaired) electrons. The van der Waals surface area contributed by atoms with Crippen LogP contribution in [0.1, 0.15) is 26.2 Å². The number of imidazole rings is 1. The minimum Gasteiger partial charge on any atom is -0.389 e. The summed E-state index contributed by atoms with van der Waals surface area (Å²) >= 11 is 0. The van der Waals surface area contributed by atoms with Crippen LogP contribution in [0.2, 0.25) is 0 Å². The van der Waals surface area contributed by atoms with Crippen LogP contribution in [0.4, 0.5) is 10.3 Å². The second-order valence-corrected chi connectivity index (χ2v) is 5.62. The highest BCUT2D eigenvalue weighted by Gasteiger charge is 2.16. The van der Waals surface area contributed by atoms with Crippen LogP contribution in [-0.2, 0) is 7.05 Å². The van der Waals surface area contributed by atoms with Gasteiger partial charge in [0.05, 0.1) is 11.0 Å². The molecule has 0 fully saturated rings. The molecule has 5 heteroatoms. The predicted octanol–water partition coefficient (Wildman–Crippen LogP) is 4.18. The topological polar surface area (TPSA) is 42.2 Å². The minimum atomic E-state index is -0.195. The molecule has 1 aromatic carbocycles. The van der Waals surface area contributed by atoms with E-state index in [-0.39, 0.29) is 5.83 Å². The molecule has 120 valence electrons. The molecule has 1 N–H and O–H groups in total. The van der Waals surface area contributed by atoms with Crippen molar-refractivity contribution in [1.82, 2.24) is 14.9 Å². The second kappa shape index (κ2) is 6.36. The summed E-state index contributed by atoms with van der Waals surface area (Å²) in [4.78, 5) is 9.29. The van der Waals surface area contributed by atoms with Gasteiger partial charge in [-0.1, -0.05) is 19.1 Å². The molecular weight excluding hydrogens is 291 g/mol. The fourth-order valence-electron chi connectivity index (χ4n) is 2.89. The number of allylic oxidation sites excluding steroid dienone is 4. The number of halogens is 1. The van der Waals surface area contributed by atoms with Crippen LogP contribution in [0, 0.1) is 0 Å². The standard InChI is InChI=1S/C18H21FN4/c1-4-14(12-9-10-15(20-2)13(19)11-12)21-18-22-16-7-5-6-8-17(16)23(18)3/h5-8,11,20H,4,9-10H2,1-3H3/b21-14+. The number of nitrogens with zero attached hydrogens (tertiary/aromatic N) is 3. The van der Waals surface area contributed by atoms with Crippen molar-refractivity contribution in [3.05, 3.63) is 47.4 Å². The van der Waals surface area contributed by atoms with Crippen LogP contribution >= 0.6 is 0 Å². The van der Waals surface area contributed by atoms with Crippen molar-refractivity contribution in [3.63, 3.8) is 0 Å². The lowest BCUT2D eigenvalue weighted by Gasteiger charge is -2.17. The normalized spacial score (nSPS) is 16.0. The van der Waals surface area contributed by atoms with Crippen molar-refractivity contribution in [2.45, 2.75) is 26.2 Å². The highest BCUT2D eigenvalue weighted by molar-refractivity contribution is 6.02. The molecule has 0 unspecified atom stereocenters. The Morgan fingerprint density at radius 3 is 2.78 bits per heavy atom. The zero-order valence-corrected chi connectivity index (χ0v) is 13.7. The Labute approximate surface area is 135 Å². The molecule has 23 heavy (non-hydrogen) atoms. The van der Waals surface area contributed by atoms with E-state index >= 15 is 0 Å². The van der Waals surface area contributed by atoms with Crippen LogP contribution in [-0.4, -0.2) is 22.3 Å². The number of nitrogens with one attached hydrogen (secondary N) is 1. The third-order valence-electron chi connectivity index (χ3n) is 4.24. The van der Waals surface area contributed by atoms with Gasteiger partial charge < -0.3 is 9.88 Å². The molecule has 1 aliphatic carbocycles. The molecule has 0 saturated carbocycles. The number of aryl methyl sites for hydroxylation is 1.